The Bertz CT molecular complexity index is 594. The average Bonchev–Trinajstić information content (AvgIpc) is 2.93. The summed E-state index contributed by atoms with van der Waals surface area (Å²) in [6.45, 7) is 1.96. The molecule has 0 aliphatic rings. The second-order valence-corrected chi connectivity index (χ2v) is 4.33. The van der Waals surface area contributed by atoms with Crippen LogP contribution in [0.5, 0.6) is 0 Å². The lowest BCUT2D eigenvalue weighted by Gasteiger charge is -2.21. The fourth-order valence-electron chi connectivity index (χ4n) is 1.80. The van der Waals surface area contributed by atoms with Gasteiger partial charge in [-0.1, -0.05) is 17.7 Å². The predicted molar refractivity (Wildman–Crippen MR) is 70.3 cm³/mol. The zero-order valence-corrected chi connectivity index (χ0v) is 10.8. The van der Waals surface area contributed by atoms with Crippen LogP contribution >= 0.6 is 0 Å². The molecule has 0 radical (unpaired) electrons. The van der Waals surface area contributed by atoms with Gasteiger partial charge in [-0.3, -0.25) is 4.79 Å². The van der Waals surface area contributed by atoms with Crippen LogP contribution < -0.4 is 0 Å². The number of nitriles is 1. The van der Waals surface area contributed by atoms with Gasteiger partial charge in [0.15, 0.2) is 6.04 Å². The molecule has 0 saturated carbocycles. The Kier molecular flexibility index (Phi) is 3.67. The SMILES string of the molecule is Cc1ccc(C(=O)N(C)C(C#N)c2ccco2)cc1. The number of carbonyl (C=O) groups excluding carboxylic acids is 1. The van der Waals surface area contributed by atoms with Gasteiger partial charge in [0.05, 0.1) is 12.3 Å². The zero-order valence-electron chi connectivity index (χ0n) is 10.8. The lowest BCUT2D eigenvalue weighted by molar-refractivity contribution is 0.0750. The fraction of sp³-hybridized carbons (Fsp3) is 0.200. The van der Waals surface area contributed by atoms with Crippen LogP contribution in [0.15, 0.2) is 47.1 Å². The van der Waals surface area contributed by atoms with Gasteiger partial charge in [-0.25, -0.2) is 0 Å². The van der Waals surface area contributed by atoms with Crippen molar-refractivity contribution in [3.63, 3.8) is 0 Å². The van der Waals surface area contributed by atoms with E-state index in [1.807, 2.05) is 19.1 Å². The standard InChI is InChI=1S/C15H14N2O2/c1-11-5-7-12(8-6-11)15(18)17(2)13(10-16)14-4-3-9-19-14/h3-9,13H,1-2H3. The number of hydrogen-bond donors (Lipinski definition) is 0. The van der Waals surface area contributed by atoms with Crippen LogP contribution in [0.25, 0.3) is 0 Å². The third kappa shape index (κ3) is 2.66. The molecule has 0 bridgehead atoms. The molecule has 2 rings (SSSR count). The zero-order chi connectivity index (χ0) is 13.8. The van der Waals surface area contributed by atoms with E-state index in [9.17, 15) is 10.1 Å². The molecule has 2 aromatic rings. The third-order valence-corrected chi connectivity index (χ3v) is 2.94. The van der Waals surface area contributed by atoms with Gasteiger partial charge < -0.3 is 9.32 Å². The van der Waals surface area contributed by atoms with Crippen LogP contribution in [0.1, 0.15) is 27.7 Å². The van der Waals surface area contributed by atoms with E-state index in [2.05, 4.69) is 6.07 Å². The molecule has 96 valence electrons. The van der Waals surface area contributed by atoms with Gasteiger partial charge in [0, 0.05) is 12.6 Å². The van der Waals surface area contributed by atoms with Gasteiger partial charge in [0.2, 0.25) is 0 Å². The minimum absolute atomic E-state index is 0.206. The van der Waals surface area contributed by atoms with Crippen molar-refractivity contribution in [3.05, 3.63) is 59.5 Å². The quantitative estimate of drug-likeness (QED) is 0.846. The smallest absolute Gasteiger partial charge is 0.255 e. The highest BCUT2D eigenvalue weighted by molar-refractivity contribution is 5.94. The van der Waals surface area contributed by atoms with E-state index in [1.165, 1.54) is 11.2 Å². The van der Waals surface area contributed by atoms with E-state index in [4.69, 9.17) is 4.42 Å². The highest BCUT2D eigenvalue weighted by Gasteiger charge is 2.24. The number of amides is 1. The lowest BCUT2D eigenvalue weighted by Crippen LogP contribution is -2.30. The Balaban J connectivity index is 2.23. The fourth-order valence-corrected chi connectivity index (χ4v) is 1.80. The molecule has 0 spiro atoms. The number of aryl methyl sites for hydroxylation is 1. The van der Waals surface area contributed by atoms with E-state index in [0.717, 1.165) is 5.56 Å². The summed E-state index contributed by atoms with van der Waals surface area (Å²) in [5.41, 5.74) is 1.64. The summed E-state index contributed by atoms with van der Waals surface area (Å²) < 4.78 is 5.20. The molecule has 4 heteroatoms. The Morgan fingerprint density at radius 2 is 2.00 bits per heavy atom. The first-order valence-electron chi connectivity index (χ1n) is 5.90. The van der Waals surface area contributed by atoms with E-state index < -0.39 is 6.04 Å². The normalized spacial score (nSPS) is 11.6. The Labute approximate surface area is 111 Å². The first-order chi connectivity index (χ1) is 9.13. The molecule has 1 heterocycles. The van der Waals surface area contributed by atoms with E-state index >= 15 is 0 Å². The topological polar surface area (TPSA) is 57.2 Å². The number of carbonyl (C=O) groups is 1. The van der Waals surface area contributed by atoms with Crippen LogP contribution in [0, 0.1) is 18.3 Å². The Morgan fingerprint density at radius 3 is 2.53 bits per heavy atom. The number of rotatable bonds is 3. The van der Waals surface area contributed by atoms with E-state index in [-0.39, 0.29) is 5.91 Å². The number of benzene rings is 1. The van der Waals surface area contributed by atoms with Crippen molar-refractivity contribution in [2.75, 3.05) is 7.05 Å². The molecular formula is C15H14N2O2. The van der Waals surface area contributed by atoms with Gasteiger partial charge in [-0.05, 0) is 31.2 Å². The molecule has 0 aliphatic heterocycles. The van der Waals surface area contributed by atoms with Crippen molar-refractivity contribution in [1.29, 1.82) is 5.26 Å². The highest BCUT2D eigenvalue weighted by Crippen LogP contribution is 2.21. The summed E-state index contributed by atoms with van der Waals surface area (Å²) in [6, 6.07) is 12.0. The first kappa shape index (κ1) is 12.9. The maximum Gasteiger partial charge on any atom is 0.255 e. The van der Waals surface area contributed by atoms with Gasteiger partial charge in [0.1, 0.15) is 5.76 Å². The molecule has 1 unspecified atom stereocenters. The minimum atomic E-state index is -0.719. The predicted octanol–water partition coefficient (Wildman–Crippen LogP) is 2.92. The monoisotopic (exact) mass is 254 g/mol. The second kappa shape index (κ2) is 5.40. The maximum absolute atomic E-state index is 12.3. The molecule has 0 N–H and O–H groups in total. The minimum Gasteiger partial charge on any atom is -0.466 e. The lowest BCUT2D eigenvalue weighted by atomic mass is 10.1. The summed E-state index contributed by atoms with van der Waals surface area (Å²) in [4.78, 5) is 13.7. The van der Waals surface area contributed by atoms with Crippen LogP contribution in [0.4, 0.5) is 0 Å². The van der Waals surface area contributed by atoms with Crippen molar-refractivity contribution < 1.29 is 9.21 Å². The van der Waals surface area contributed by atoms with Crippen molar-refractivity contribution in [2.45, 2.75) is 13.0 Å². The van der Waals surface area contributed by atoms with Gasteiger partial charge >= 0.3 is 0 Å². The number of furan rings is 1. The number of hydrogen-bond acceptors (Lipinski definition) is 3. The van der Waals surface area contributed by atoms with Crippen LogP contribution in [-0.2, 0) is 0 Å². The molecular weight excluding hydrogens is 240 g/mol. The van der Waals surface area contributed by atoms with Crippen LogP contribution in [0.3, 0.4) is 0 Å². The molecule has 1 aromatic heterocycles. The summed E-state index contributed by atoms with van der Waals surface area (Å²) in [6.07, 6.45) is 1.49. The molecule has 19 heavy (non-hydrogen) atoms. The van der Waals surface area contributed by atoms with Crippen LogP contribution in [0.2, 0.25) is 0 Å². The first-order valence-corrected chi connectivity index (χ1v) is 5.90. The number of nitrogens with zero attached hydrogens (tertiary/aromatic N) is 2. The Hall–Kier alpha value is -2.54. The van der Waals surface area contributed by atoms with E-state index in [0.29, 0.717) is 11.3 Å². The summed E-state index contributed by atoms with van der Waals surface area (Å²) in [5, 5.41) is 9.20. The summed E-state index contributed by atoms with van der Waals surface area (Å²) in [5.74, 6) is 0.258. The molecule has 0 aliphatic carbocycles. The molecule has 1 amide bonds. The summed E-state index contributed by atoms with van der Waals surface area (Å²) >= 11 is 0. The molecule has 0 saturated heterocycles. The van der Waals surface area contributed by atoms with Gasteiger partial charge in [0.25, 0.3) is 5.91 Å². The molecule has 0 fully saturated rings. The van der Waals surface area contributed by atoms with Crippen LogP contribution in [-0.4, -0.2) is 17.9 Å². The Morgan fingerprint density at radius 1 is 1.32 bits per heavy atom. The molecule has 4 nitrogen and oxygen atoms in total. The maximum atomic E-state index is 12.3. The summed E-state index contributed by atoms with van der Waals surface area (Å²) in [7, 11) is 1.60. The second-order valence-electron chi connectivity index (χ2n) is 4.33. The van der Waals surface area contributed by atoms with Gasteiger partial charge in [-0.2, -0.15) is 5.26 Å². The van der Waals surface area contributed by atoms with Crippen molar-refractivity contribution in [3.8, 4) is 6.07 Å². The van der Waals surface area contributed by atoms with E-state index in [1.54, 1.807) is 31.3 Å². The third-order valence-electron chi connectivity index (χ3n) is 2.94. The van der Waals surface area contributed by atoms with Crippen molar-refractivity contribution in [1.82, 2.24) is 4.90 Å². The van der Waals surface area contributed by atoms with Gasteiger partial charge in [-0.15, -0.1) is 0 Å². The van der Waals surface area contributed by atoms with Crippen molar-refractivity contribution >= 4 is 5.91 Å². The molecule has 1 atom stereocenters. The highest BCUT2D eigenvalue weighted by atomic mass is 16.3. The van der Waals surface area contributed by atoms with Crippen molar-refractivity contribution in [2.24, 2.45) is 0 Å². The largest absolute Gasteiger partial charge is 0.466 e. The molecule has 1 aromatic carbocycles. The average molecular weight is 254 g/mol.